The summed E-state index contributed by atoms with van der Waals surface area (Å²) in [6.45, 7) is 5.76. The molecule has 3 aliphatic heterocycles. The number of sulfonamides is 1. The van der Waals surface area contributed by atoms with E-state index >= 15 is 0 Å². The molecule has 0 aromatic heterocycles. The van der Waals surface area contributed by atoms with Gasteiger partial charge in [0.05, 0.1) is 30.2 Å². The molecule has 0 unspecified atom stereocenters. The summed E-state index contributed by atoms with van der Waals surface area (Å²) in [5.41, 5.74) is -0.225. The van der Waals surface area contributed by atoms with Crippen LogP contribution >= 0.6 is 0 Å². The average Bonchev–Trinajstić information content (AvgIpc) is 3.32. The molecule has 4 aliphatic rings. The van der Waals surface area contributed by atoms with Gasteiger partial charge in [-0.2, -0.15) is 4.31 Å². The van der Waals surface area contributed by atoms with Crippen LogP contribution in [0.4, 0.5) is 0 Å². The van der Waals surface area contributed by atoms with Crippen molar-refractivity contribution in [2.45, 2.75) is 55.5 Å². The van der Waals surface area contributed by atoms with Crippen molar-refractivity contribution < 1.29 is 17.9 Å². The highest BCUT2D eigenvalue weighted by atomic mass is 32.2. The van der Waals surface area contributed by atoms with Crippen molar-refractivity contribution >= 4 is 10.0 Å². The molecule has 3 saturated heterocycles. The molecule has 4 rings (SSSR count). The summed E-state index contributed by atoms with van der Waals surface area (Å²) >= 11 is 0. The fraction of sp³-hybridized carbons (Fsp3) is 1.00. The van der Waals surface area contributed by atoms with Crippen LogP contribution in [0, 0.1) is 0 Å². The molecule has 1 saturated carbocycles. The van der Waals surface area contributed by atoms with Crippen LogP contribution in [0.1, 0.15) is 38.5 Å². The van der Waals surface area contributed by atoms with Crippen molar-refractivity contribution in [3.05, 3.63) is 0 Å². The number of nitrogens with zero attached hydrogens (tertiary/aromatic N) is 2. The Morgan fingerprint density at radius 3 is 2.57 bits per heavy atom. The predicted molar refractivity (Wildman–Crippen MR) is 86.8 cm³/mol. The van der Waals surface area contributed by atoms with Gasteiger partial charge in [0.15, 0.2) is 0 Å². The normalized spacial score (nSPS) is 37.5. The van der Waals surface area contributed by atoms with Crippen LogP contribution in [-0.2, 0) is 19.5 Å². The molecule has 2 atom stereocenters. The minimum absolute atomic E-state index is 0.106. The minimum atomic E-state index is -3.06. The van der Waals surface area contributed by atoms with Gasteiger partial charge >= 0.3 is 0 Å². The highest BCUT2D eigenvalue weighted by Crippen LogP contribution is 2.40. The Labute approximate surface area is 139 Å². The number of hydrogen-bond acceptors (Lipinski definition) is 5. The SMILES string of the molecule is O=S(=O)(C1CC1)N1CC[C@]2(CCC[C@@H](CN3CCOCC3)O2)C1. The highest BCUT2D eigenvalue weighted by Gasteiger charge is 2.49. The lowest BCUT2D eigenvalue weighted by atomic mass is 9.90. The van der Waals surface area contributed by atoms with E-state index < -0.39 is 10.0 Å². The van der Waals surface area contributed by atoms with Crippen molar-refractivity contribution in [3.8, 4) is 0 Å². The molecule has 0 bridgehead atoms. The monoisotopic (exact) mass is 344 g/mol. The Hall–Kier alpha value is -0.210. The minimum Gasteiger partial charge on any atom is -0.379 e. The average molecular weight is 344 g/mol. The lowest BCUT2D eigenvalue weighted by Gasteiger charge is -2.41. The van der Waals surface area contributed by atoms with Gasteiger partial charge < -0.3 is 9.47 Å². The van der Waals surface area contributed by atoms with Crippen LogP contribution in [-0.4, -0.2) is 80.5 Å². The zero-order chi connectivity index (χ0) is 15.9. The summed E-state index contributed by atoms with van der Waals surface area (Å²) in [6, 6.07) is 0. The highest BCUT2D eigenvalue weighted by molar-refractivity contribution is 7.90. The van der Waals surface area contributed by atoms with Crippen LogP contribution in [0.15, 0.2) is 0 Å². The number of morpholine rings is 1. The Balaban J connectivity index is 1.37. The molecule has 132 valence electrons. The van der Waals surface area contributed by atoms with Crippen molar-refractivity contribution in [2.24, 2.45) is 0 Å². The van der Waals surface area contributed by atoms with Crippen LogP contribution in [0.3, 0.4) is 0 Å². The predicted octanol–water partition coefficient (Wildman–Crippen LogP) is 0.824. The quantitative estimate of drug-likeness (QED) is 0.756. The van der Waals surface area contributed by atoms with E-state index in [-0.39, 0.29) is 17.0 Å². The van der Waals surface area contributed by atoms with Crippen LogP contribution in [0.5, 0.6) is 0 Å². The lowest BCUT2D eigenvalue weighted by Crippen LogP contribution is -2.49. The zero-order valence-corrected chi connectivity index (χ0v) is 14.6. The van der Waals surface area contributed by atoms with Crippen molar-refractivity contribution in [1.29, 1.82) is 0 Å². The molecule has 0 radical (unpaired) electrons. The molecule has 3 heterocycles. The van der Waals surface area contributed by atoms with Gasteiger partial charge in [0.25, 0.3) is 0 Å². The van der Waals surface area contributed by atoms with Crippen LogP contribution in [0.25, 0.3) is 0 Å². The van der Waals surface area contributed by atoms with E-state index in [2.05, 4.69) is 4.90 Å². The third kappa shape index (κ3) is 3.44. The second kappa shape index (κ2) is 6.26. The first kappa shape index (κ1) is 16.3. The topological polar surface area (TPSA) is 59.1 Å². The maximum Gasteiger partial charge on any atom is 0.217 e. The van der Waals surface area contributed by atoms with Gasteiger partial charge in [0, 0.05) is 32.7 Å². The summed E-state index contributed by atoms with van der Waals surface area (Å²) in [5.74, 6) is 0. The first-order valence-corrected chi connectivity index (χ1v) is 10.5. The second-order valence-corrected chi connectivity index (χ2v) is 9.77. The van der Waals surface area contributed by atoms with Gasteiger partial charge in [0.1, 0.15) is 0 Å². The Kier molecular flexibility index (Phi) is 4.43. The van der Waals surface area contributed by atoms with Gasteiger partial charge in [-0.15, -0.1) is 0 Å². The van der Waals surface area contributed by atoms with Gasteiger partial charge in [0.2, 0.25) is 10.0 Å². The molecule has 4 fully saturated rings. The molecule has 1 spiro atoms. The Morgan fingerprint density at radius 1 is 1.04 bits per heavy atom. The van der Waals surface area contributed by atoms with E-state index in [1.165, 1.54) is 0 Å². The molecular formula is C16H28N2O4S. The fourth-order valence-electron chi connectivity index (χ4n) is 4.23. The molecule has 7 heteroatoms. The van der Waals surface area contributed by atoms with E-state index in [0.717, 1.165) is 71.4 Å². The summed E-state index contributed by atoms with van der Waals surface area (Å²) < 4.78 is 38.5. The number of ether oxygens (including phenoxy) is 2. The van der Waals surface area contributed by atoms with Crippen molar-refractivity contribution in [3.63, 3.8) is 0 Å². The van der Waals surface area contributed by atoms with Crippen LogP contribution < -0.4 is 0 Å². The Bertz CT molecular complexity index is 530. The zero-order valence-electron chi connectivity index (χ0n) is 13.8. The molecule has 6 nitrogen and oxygen atoms in total. The molecule has 0 amide bonds. The van der Waals surface area contributed by atoms with Crippen molar-refractivity contribution in [2.75, 3.05) is 45.9 Å². The smallest absolute Gasteiger partial charge is 0.217 e. The molecule has 0 aromatic carbocycles. The first-order chi connectivity index (χ1) is 11.1. The number of hydrogen-bond donors (Lipinski definition) is 0. The molecular weight excluding hydrogens is 316 g/mol. The third-order valence-electron chi connectivity index (χ3n) is 5.73. The van der Waals surface area contributed by atoms with E-state index in [0.29, 0.717) is 13.1 Å². The van der Waals surface area contributed by atoms with Gasteiger partial charge in [-0.25, -0.2) is 8.42 Å². The molecule has 1 aliphatic carbocycles. The van der Waals surface area contributed by atoms with E-state index in [9.17, 15) is 8.42 Å². The Morgan fingerprint density at radius 2 is 1.83 bits per heavy atom. The van der Waals surface area contributed by atoms with E-state index in [1.54, 1.807) is 4.31 Å². The summed E-state index contributed by atoms with van der Waals surface area (Å²) in [4.78, 5) is 2.42. The fourth-order valence-corrected chi connectivity index (χ4v) is 6.14. The first-order valence-electron chi connectivity index (χ1n) is 9.04. The summed E-state index contributed by atoms with van der Waals surface area (Å²) in [6.07, 6.45) is 6.02. The maximum atomic E-state index is 12.5. The van der Waals surface area contributed by atoms with Crippen LogP contribution in [0.2, 0.25) is 0 Å². The maximum absolute atomic E-state index is 12.5. The lowest BCUT2D eigenvalue weighted by molar-refractivity contribution is -0.130. The van der Waals surface area contributed by atoms with E-state index in [1.807, 2.05) is 0 Å². The van der Waals surface area contributed by atoms with Crippen molar-refractivity contribution in [1.82, 2.24) is 9.21 Å². The summed E-state index contributed by atoms with van der Waals surface area (Å²) in [5, 5.41) is -0.106. The van der Waals surface area contributed by atoms with Gasteiger partial charge in [-0.3, -0.25) is 4.90 Å². The van der Waals surface area contributed by atoms with Gasteiger partial charge in [-0.05, 0) is 38.5 Å². The molecule has 0 aromatic rings. The third-order valence-corrected chi connectivity index (χ3v) is 8.07. The van der Waals surface area contributed by atoms with Gasteiger partial charge in [-0.1, -0.05) is 0 Å². The number of rotatable bonds is 4. The summed E-state index contributed by atoms with van der Waals surface area (Å²) in [7, 11) is -3.06. The molecule has 0 N–H and O–H groups in total. The van der Waals surface area contributed by atoms with E-state index in [4.69, 9.17) is 9.47 Å². The largest absolute Gasteiger partial charge is 0.379 e. The second-order valence-electron chi connectivity index (χ2n) is 7.56. The molecule has 23 heavy (non-hydrogen) atoms. The standard InChI is InChI=1S/C16H28N2O4S/c19-23(20,15-3-4-15)18-7-6-16(13-18)5-1-2-14(22-16)12-17-8-10-21-11-9-17/h14-15H,1-13H2/t14-,16+/m0/s1.